The molecule has 0 aliphatic heterocycles. The van der Waals surface area contributed by atoms with Crippen LogP contribution in [0.3, 0.4) is 0 Å². The van der Waals surface area contributed by atoms with Gasteiger partial charge in [-0.2, -0.15) is 0 Å². The molecule has 0 aromatic heterocycles. The van der Waals surface area contributed by atoms with Crippen LogP contribution in [-0.2, 0) is 17.9 Å². The van der Waals surface area contributed by atoms with Crippen LogP contribution in [0.2, 0.25) is 0 Å². The average molecular weight is 343 g/mol. The maximum atomic E-state index is 12.3. The van der Waals surface area contributed by atoms with Gasteiger partial charge in [-0.05, 0) is 41.8 Å². The molecule has 0 spiro atoms. The lowest BCUT2D eigenvalue weighted by molar-refractivity contribution is 0.0950. The highest BCUT2D eigenvalue weighted by atomic mass is 16.5. The average Bonchev–Trinajstić information content (AvgIpc) is 2.65. The van der Waals surface area contributed by atoms with Gasteiger partial charge in [0, 0.05) is 19.2 Å². The molecule has 1 amide bonds. The number of hydrogen-bond donors (Lipinski definition) is 1. The van der Waals surface area contributed by atoms with Crippen LogP contribution in [0, 0.1) is 0 Å². The van der Waals surface area contributed by atoms with Gasteiger partial charge in [-0.25, -0.2) is 0 Å². The molecule has 2 aromatic carbocycles. The minimum Gasteiger partial charge on any atom is -0.493 e. The highest BCUT2D eigenvalue weighted by Gasteiger charge is 2.08. The summed E-state index contributed by atoms with van der Waals surface area (Å²) in [5, 5.41) is 2.91. The van der Waals surface area contributed by atoms with Crippen molar-refractivity contribution in [2.24, 2.45) is 0 Å². The van der Waals surface area contributed by atoms with Crippen molar-refractivity contribution in [1.82, 2.24) is 5.32 Å². The van der Waals surface area contributed by atoms with Gasteiger partial charge in [0.1, 0.15) is 0 Å². The Kier molecular flexibility index (Phi) is 7.29. The van der Waals surface area contributed by atoms with Crippen molar-refractivity contribution < 1.29 is 19.0 Å². The molecular formula is C20H25NO4. The Labute approximate surface area is 148 Å². The van der Waals surface area contributed by atoms with E-state index in [9.17, 15) is 4.79 Å². The zero-order chi connectivity index (χ0) is 18.1. The summed E-state index contributed by atoms with van der Waals surface area (Å²) in [6, 6.07) is 13.1. The van der Waals surface area contributed by atoms with Crippen LogP contribution in [0.1, 0.15) is 34.8 Å². The standard InChI is InChI=1S/C20H25NO4/c1-4-11-25-18-10-7-16(12-19(18)24-3)13-21-20(22)17-8-5-15(6-9-17)14-23-2/h5-10,12H,4,11,13-14H2,1-3H3,(H,21,22). The Bertz CT molecular complexity index is 683. The van der Waals surface area contributed by atoms with E-state index in [1.54, 1.807) is 26.4 Å². The molecule has 5 nitrogen and oxygen atoms in total. The maximum Gasteiger partial charge on any atom is 0.251 e. The first-order valence-electron chi connectivity index (χ1n) is 8.33. The molecule has 134 valence electrons. The molecule has 5 heteroatoms. The monoisotopic (exact) mass is 343 g/mol. The molecule has 0 radical (unpaired) electrons. The normalized spacial score (nSPS) is 10.4. The molecule has 2 rings (SSSR count). The first-order chi connectivity index (χ1) is 12.2. The zero-order valence-electron chi connectivity index (χ0n) is 15.0. The van der Waals surface area contributed by atoms with Crippen LogP contribution in [0.25, 0.3) is 0 Å². The fraction of sp³-hybridized carbons (Fsp3) is 0.350. The van der Waals surface area contributed by atoms with E-state index < -0.39 is 0 Å². The van der Waals surface area contributed by atoms with Crippen LogP contribution in [0.4, 0.5) is 0 Å². The van der Waals surface area contributed by atoms with E-state index in [0.717, 1.165) is 17.5 Å². The number of amides is 1. The number of ether oxygens (including phenoxy) is 3. The van der Waals surface area contributed by atoms with Crippen LogP contribution in [0.5, 0.6) is 11.5 Å². The molecule has 2 aromatic rings. The van der Waals surface area contributed by atoms with Gasteiger partial charge in [0.15, 0.2) is 11.5 Å². The van der Waals surface area contributed by atoms with Gasteiger partial charge in [-0.3, -0.25) is 4.79 Å². The number of nitrogens with one attached hydrogen (secondary N) is 1. The zero-order valence-corrected chi connectivity index (χ0v) is 15.0. The summed E-state index contributed by atoms with van der Waals surface area (Å²) in [5.41, 5.74) is 2.60. The molecule has 0 aliphatic carbocycles. The number of hydrogen-bond acceptors (Lipinski definition) is 4. The first-order valence-corrected chi connectivity index (χ1v) is 8.33. The third-order valence-corrected chi connectivity index (χ3v) is 3.67. The Hall–Kier alpha value is -2.53. The fourth-order valence-corrected chi connectivity index (χ4v) is 2.36. The van der Waals surface area contributed by atoms with Crippen LogP contribution >= 0.6 is 0 Å². The third-order valence-electron chi connectivity index (χ3n) is 3.67. The third kappa shape index (κ3) is 5.50. The molecule has 0 saturated heterocycles. The van der Waals surface area contributed by atoms with Gasteiger partial charge in [0.05, 0.1) is 20.3 Å². The van der Waals surface area contributed by atoms with Crippen LogP contribution in [-0.4, -0.2) is 26.7 Å². The van der Waals surface area contributed by atoms with Gasteiger partial charge >= 0.3 is 0 Å². The number of carbonyl (C=O) groups excluding carboxylic acids is 1. The van der Waals surface area contributed by atoms with Gasteiger partial charge in [-0.1, -0.05) is 25.1 Å². The molecule has 0 heterocycles. The minimum absolute atomic E-state index is 0.116. The number of benzene rings is 2. The number of carbonyl (C=O) groups is 1. The van der Waals surface area contributed by atoms with Crippen LogP contribution in [0.15, 0.2) is 42.5 Å². The Balaban J connectivity index is 1.96. The van der Waals surface area contributed by atoms with E-state index in [0.29, 0.717) is 36.8 Å². The summed E-state index contributed by atoms with van der Waals surface area (Å²) in [6.45, 7) is 3.65. The molecule has 1 N–H and O–H groups in total. The van der Waals surface area contributed by atoms with Crippen molar-refractivity contribution in [3.05, 3.63) is 59.2 Å². The topological polar surface area (TPSA) is 56.8 Å². The van der Waals surface area contributed by atoms with Crippen molar-refractivity contribution >= 4 is 5.91 Å². The molecular weight excluding hydrogens is 318 g/mol. The maximum absolute atomic E-state index is 12.3. The second-order valence-corrected chi connectivity index (χ2v) is 5.65. The Morgan fingerprint density at radius 1 is 1.00 bits per heavy atom. The van der Waals surface area contributed by atoms with E-state index in [1.807, 2.05) is 30.3 Å². The summed E-state index contributed by atoms with van der Waals surface area (Å²) in [6.07, 6.45) is 0.935. The summed E-state index contributed by atoms with van der Waals surface area (Å²) in [7, 11) is 3.26. The Morgan fingerprint density at radius 3 is 2.36 bits per heavy atom. The summed E-state index contributed by atoms with van der Waals surface area (Å²) < 4.78 is 16.1. The SMILES string of the molecule is CCCOc1ccc(CNC(=O)c2ccc(COC)cc2)cc1OC. The number of methoxy groups -OCH3 is 2. The molecule has 0 fully saturated rings. The van der Waals surface area contributed by atoms with Gasteiger partial charge in [0.2, 0.25) is 0 Å². The van der Waals surface area contributed by atoms with Crippen LogP contribution < -0.4 is 14.8 Å². The smallest absolute Gasteiger partial charge is 0.251 e. The minimum atomic E-state index is -0.116. The molecule has 0 unspecified atom stereocenters. The Morgan fingerprint density at radius 2 is 1.72 bits per heavy atom. The highest BCUT2D eigenvalue weighted by Crippen LogP contribution is 2.28. The molecule has 25 heavy (non-hydrogen) atoms. The van der Waals surface area contributed by atoms with Gasteiger partial charge in [0.25, 0.3) is 5.91 Å². The van der Waals surface area contributed by atoms with Crippen molar-refractivity contribution in [3.8, 4) is 11.5 Å². The van der Waals surface area contributed by atoms with E-state index in [-0.39, 0.29) is 5.91 Å². The lowest BCUT2D eigenvalue weighted by Crippen LogP contribution is -2.22. The highest BCUT2D eigenvalue weighted by molar-refractivity contribution is 5.94. The second-order valence-electron chi connectivity index (χ2n) is 5.65. The van der Waals surface area contributed by atoms with Crippen molar-refractivity contribution in [2.75, 3.05) is 20.8 Å². The predicted octanol–water partition coefficient (Wildman–Crippen LogP) is 3.56. The van der Waals surface area contributed by atoms with Crippen molar-refractivity contribution in [1.29, 1.82) is 0 Å². The molecule has 0 bridgehead atoms. The van der Waals surface area contributed by atoms with Crippen molar-refractivity contribution in [2.45, 2.75) is 26.5 Å². The molecule has 0 aliphatic rings. The summed E-state index contributed by atoms with van der Waals surface area (Å²) >= 11 is 0. The largest absolute Gasteiger partial charge is 0.493 e. The number of rotatable bonds is 9. The van der Waals surface area contributed by atoms with E-state index >= 15 is 0 Å². The molecule has 0 saturated carbocycles. The lowest BCUT2D eigenvalue weighted by Gasteiger charge is -2.12. The lowest BCUT2D eigenvalue weighted by atomic mass is 10.1. The quantitative estimate of drug-likeness (QED) is 0.756. The predicted molar refractivity (Wildman–Crippen MR) is 97.1 cm³/mol. The van der Waals surface area contributed by atoms with Gasteiger partial charge in [-0.15, -0.1) is 0 Å². The summed E-state index contributed by atoms with van der Waals surface area (Å²) in [5.74, 6) is 1.27. The fourth-order valence-electron chi connectivity index (χ4n) is 2.36. The second kappa shape index (κ2) is 9.69. The summed E-state index contributed by atoms with van der Waals surface area (Å²) in [4.78, 5) is 12.3. The van der Waals surface area contributed by atoms with E-state index in [4.69, 9.17) is 14.2 Å². The van der Waals surface area contributed by atoms with Gasteiger partial charge < -0.3 is 19.5 Å². The van der Waals surface area contributed by atoms with Crippen molar-refractivity contribution in [3.63, 3.8) is 0 Å². The van der Waals surface area contributed by atoms with E-state index in [2.05, 4.69) is 12.2 Å². The molecule has 0 atom stereocenters. The first kappa shape index (κ1) is 18.8. The van der Waals surface area contributed by atoms with E-state index in [1.165, 1.54) is 0 Å².